The van der Waals surface area contributed by atoms with E-state index in [-0.39, 0.29) is 16.1 Å². The predicted molar refractivity (Wildman–Crippen MR) is 98.9 cm³/mol. The van der Waals surface area contributed by atoms with Crippen LogP contribution >= 0.6 is 0 Å². The Bertz CT molecular complexity index is 1040. The molecule has 0 aliphatic rings. The van der Waals surface area contributed by atoms with Gasteiger partial charge in [0.05, 0.1) is 10.5 Å². The number of sulfonamides is 1. The van der Waals surface area contributed by atoms with Gasteiger partial charge in [0.2, 0.25) is 0 Å². The molecule has 0 amide bonds. The van der Waals surface area contributed by atoms with Crippen LogP contribution in [0.25, 0.3) is 11.1 Å². The molecule has 1 N–H and O–H groups in total. The lowest BCUT2D eigenvalue weighted by Gasteiger charge is -2.13. The van der Waals surface area contributed by atoms with E-state index >= 15 is 0 Å². The molecule has 0 aliphatic carbocycles. The van der Waals surface area contributed by atoms with Crippen molar-refractivity contribution in [2.24, 2.45) is 0 Å². The Kier molecular flexibility index (Phi) is 4.97. The summed E-state index contributed by atoms with van der Waals surface area (Å²) in [5, 5.41) is 0. The topological polar surface area (TPSA) is 46.2 Å². The SMILES string of the molecule is Cc1ccc(S(=O)(=O)Nc2ccc(-c3ccccc3C(F)(F)F)cc2)cc1. The Balaban J connectivity index is 1.88. The second-order valence-corrected chi connectivity index (χ2v) is 7.72. The third-order valence-electron chi connectivity index (χ3n) is 4.01. The van der Waals surface area contributed by atoms with E-state index in [2.05, 4.69) is 4.72 Å². The second kappa shape index (κ2) is 7.08. The van der Waals surface area contributed by atoms with Gasteiger partial charge in [0, 0.05) is 5.69 Å². The minimum atomic E-state index is -4.47. The second-order valence-electron chi connectivity index (χ2n) is 6.04. The number of hydrogen-bond acceptors (Lipinski definition) is 2. The minimum Gasteiger partial charge on any atom is -0.280 e. The van der Waals surface area contributed by atoms with Crippen molar-refractivity contribution in [1.82, 2.24) is 0 Å². The molecule has 0 atom stereocenters. The summed E-state index contributed by atoms with van der Waals surface area (Å²) in [7, 11) is -3.77. The molecule has 0 heterocycles. The lowest BCUT2D eigenvalue weighted by Crippen LogP contribution is -2.12. The van der Waals surface area contributed by atoms with Crippen molar-refractivity contribution >= 4 is 15.7 Å². The Morgan fingerprint density at radius 3 is 2.00 bits per heavy atom. The van der Waals surface area contributed by atoms with Crippen molar-refractivity contribution in [2.45, 2.75) is 18.0 Å². The molecular weight excluding hydrogens is 375 g/mol. The molecule has 140 valence electrons. The van der Waals surface area contributed by atoms with Gasteiger partial charge in [0.25, 0.3) is 10.0 Å². The number of nitrogens with one attached hydrogen (secondary N) is 1. The van der Waals surface area contributed by atoms with E-state index in [9.17, 15) is 21.6 Å². The van der Waals surface area contributed by atoms with Crippen molar-refractivity contribution in [3.8, 4) is 11.1 Å². The molecule has 3 aromatic rings. The van der Waals surface area contributed by atoms with Crippen molar-refractivity contribution in [2.75, 3.05) is 4.72 Å². The van der Waals surface area contributed by atoms with Crippen molar-refractivity contribution in [3.63, 3.8) is 0 Å². The summed E-state index contributed by atoms with van der Waals surface area (Å²) < 4.78 is 66.7. The van der Waals surface area contributed by atoms with Crippen LogP contribution < -0.4 is 4.72 Å². The van der Waals surface area contributed by atoms with Crippen LogP contribution in [0.2, 0.25) is 0 Å². The van der Waals surface area contributed by atoms with Gasteiger partial charge in [-0.2, -0.15) is 13.2 Å². The molecule has 0 fully saturated rings. The zero-order valence-corrected chi connectivity index (χ0v) is 15.1. The smallest absolute Gasteiger partial charge is 0.280 e. The number of aryl methyl sites for hydroxylation is 1. The fourth-order valence-corrected chi connectivity index (χ4v) is 3.69. The summed E-state index contributed by atoms with van der Waals surface area (Å²) in [6.07, 6.45) is -4.47. The molecule has 0 unspecified atom stereocenters. The standard InChI is InChI=1S/C20H16F3NO2S/c1-14-6-12-17(13-7-14)27(25,26)24-16-10-8-15(9-11-16)18-4-2-3-5-19(18)20(21,22)23/h2-13,24H,1H3. The van der Waals surface area contributed by atoms with Gasteiger partial charge in [-0.15, -0.1) is 0 Å². The van der Waals surface area contributed by atoms with Gasteiger partial charge in [0.1, 0.15) is 0 Å². The third kappa shape index (κ3) is 4.31. The van der Waals surface area contributed by atoms with Crippen molar-refractivity contribution < 1.29 is 21.6 Å². The first-order valence-electron chi connectivity index (χ1n) is 8.03. The summed E-state index contributed by atoms with van der Waals surface area (Å²) >= 11 is 0. The Morgan fingerprint density at radius 1 is 0.815 bits per heavy atom. The molecular formula is C20H16F3NO2S. The highest BCUT2D eigenvalue weighted by molar-refractivity contribution is 7.92. The molecule has 0 saturated heterocycles. The van der Waals surface area contributed by atoms with E-state index in [1.54, 1.807) is 12.1 Å². The van der Waals surface area contributed by atoms with E-state index in [4.69, 9.17) is 0 Å². The molecule has 3 rings (SSSR count). The quantitative estimate of drug-likeness (QED) is 0.640. The fraction of sp³-hybridized carbons (Fsp3) is 0.100. The molecule has 3 nitrogen and oxygen atoms in total. The highest BCUT2D eigenvalue weighted by Gasteiger charge is 2.33. The van der Waals surface area contributed by atoms with E-state index in [1.165, 1.54) is 54.6 Å². The summed E-state index contributed by atoms with van der Waals surface area (Å²) in [5.74, 6) is 0. The van der Waals surface area contributed by atoms with E-state index in [0.717, 1.165) is 11.6 Å². The van der Waals surface area contributed by atoms with Gasteiger partial charge in [-0.1, -0.05) is 48.0 Å². The monoisotopic (exact) mass is 391 g/mol. The minimum absolute atomic E-state index is 0.0398. The largest absolute Gasteiger partial charge is 0.417 e. The number of hydrogen-bond donors (Lipinski definition) is 1. The number of rotatable bonds is 4. The van der Waals surface area contributed by atoms with Gasteiger partial charge in [-0.25, -0.2) is 8.42 Å². The first-order chi connectivity index (χ1) is 12.7. The summed E-state index contributed by atoms with van der Waals surface area (Å²) in [6.45, 7) is 1.85. The first-order valence-corrected chi connectivity index (χ1v) is 9.51. The molecule has 0 radical (unpaired) electrons. The molecule has 0 bridgehead atoms. The van der Waals surface area contributed by atoms with Gasteiger partial charge in [-0.3, -0.25) is 4.72 Å². The Labute approximate surface area is 155 Å². The average Bonchev–Trinajstić information content (AvgIpc) is 2.62. The molecule has 0 saturated carbocycles. The van der Waals surface area contributed by atoms with Crippen LogP contribution in [0.1, 0.15) is 11.1 Å². The summed E-state index contributed by atoms with van der Waals surface area (Å²) in [6, 6.07) is 17.4. The molecule has 7 heteroatoms. The number of alkyl halides is 3. The van der Waals surface area contributed by atoms with Crippen LogP contribution in [-0.2, 0) is 16.2 Å². The highest BCUT2D eigenvalue weighted by Crippen LogP contribution is 2.37. The maximum Gasteiger partial charge on any atom is 0.417 e. The van der Waals surface area contributed by atoms with E-state index in [0.29, 0.717) is 5.56 Å². The van der Waals surface area contributed by atoms with Gasteiger partial charge in [-0.05, 0) is 48.4 Å². The predicted octanol–water partition coefficient (Wildman–Crippen LogP) is 5.48. The number of benzene rings is 3. The van der Waals surface area contributed by atoms with E-state index < -0.39 is 21.8 Å². The van der Waals surface area contributed by atoms with Crippen LogP contribution in [-0.4, -0.2) is 8.42 Å². The average molecular weight is 391 g/mol. The van der Waals surface area contributed by atoms with Crippen LogP contribution in [0, 0.1) is 6.92 Å². The lowest BCUT2D eigenvalue weighted by atomic mass is 9.99. The first kappa shape index (κ1) is 19.0. The summed E-state index contributed by atoms with van der Waals surface area (Å²) in [4.78, 5) is 0.111. The van der Waals surface area contributed by atoms with Crippen molar-refractivity contribution in [1.29, 1.82) is 0 Å². The van der Waals surface area contributed by atoms with Crippen LogP contribution in [0.3, 0.4) is 0 Å². The van der Waals surface area contributed by atoms with Crippen LogP contribution in [0.5, 0.6) is 0 Å². The molecule has 27 heavy (non-hydrogen) atoms. The third-order valence-corrected chi connectivity index (χ3v) is 5.41. The zero-order chi connectivity index (χ0) is 19.7. The number of anilines is 1. The molecule has 0 aliphatic heterocycles. The van der Waals surface area contributed by atoms with Crippen LogP contribution in [0.4, 0.5) is 18.9 Å². The normalized spacial score (nSPS) is 12.0. The molecule has 0 aromatic heterocycles. The van der Waals surface area contributed by atoms with Gasteiger partial charge in [0.15, 0.2) is 0 Å². The fourth-order valence-electron chi connectivity index (χ4n) is 2.63. The zero-order valence-electron chi connectivity index (χ0n) is 14.3. The molecule has 3 aromatic carbocycles. The van der Waals surface area contributed by atoms with Gasteiger partial charge >= 0.3 is 6.18 Å². The maximum absolute atomic E-state index is 13.2. The molecule has 0 spiro atoms. The van der Waals surface area contributed by atoms with E-state index in [1.807, 2.05) is 6.92 Å². The summed E-state index contributed by atoms with van der Waals surface area (Å²) in [5.41, 5.74) is 0.850. The van der Waals surface area contributed by atoms with Gasteiger partial charge < -0.3 is 0 Å². The van der Waals surface area contributed by atoms with Crippen LogP contribution in [0.15, 0.2) is 77.7 Å². The Morgan fingerprint density at radius 2 is 1.41 bits per heavy atom. The Hall–Kier alpha value is -2.80. The highest BCUT2D eigenvalue weighted by atomic mass is 32.2. The maximum atomic E-state index is 13.2. The van der Waals surface area contributed by atoms with Crippen molar-refractivity contribution in [3.05, 3.63) is 83.9 Å². The lowest BCUT2D eigenvalue weighted by molar-refractivity contribution is -0.137. The number of halogens is 3.